The van der Waals surface area contributed by atoms with Crippen LogP contribution in [0.1, 0.15) is 11.1 Å². The van der Waals surface area contributed by atoms with Crippen LogP contribution in [0.2, 0.25) is 0 Å². The first kappa shape index (κ1) is 15.2. The van der Waals surface area contributed by atoms with Gasteiger partial charge in [0.05, 0.1) is 13.7 Å². The summed E-state index contributed by atoms with van der Waals surface area (Å²) in [6.45, 7) is 1.68. The molecule has 0 saturated carbocycles. The van der Waals surface area contributed by atoms with Crippen molar-refractivity contribution in [1.82, 2.24) is 10.6 Å². The number of nitrogens with one attached hydrogen (secondary N) is 2. The SMILES string of the molecule is COc1cc(CCNC(=O)NCC(F)F)ccc1C. The highest BCUT2D eigenvalue weighted by molar-refractivity contribution is 5.73. The number of alkyl halides is 2. The van der Waals surface area contributed by atoms with E-state index in [1.54, 1.807) is 7.11 Å². The molecular weight excluding hydrogens is 254 g/mol. The zero-order chi connectivity index (χ0) is 14.3. The summed E-state index contributed by atoms with van der Waals surface area (Å²) in [7, 11) is 1.60. The number of halogens is 2. The fourth-order valence-corrected chi connectivity index (χ4v) is 1.57. The molecular formula is C13H18F2N2O2. The molecule has 1 rings (SSSR count). The van der Waals surface area contributed by atoms with Crippen LogP contribution >= 0.6 is 0 Å². The summed E-state index contributed by atoms with van der Waals surface area (Å²) in [5.41, 5.74) is 2.05. The number of benzene rings is 1. The summed E-state index contributed by atoms with van der Waals surface area (Å²) in [6, 6.07) is 5.19. The minimum absolute atomic E-state index is 0.376. The molecule has 1 aromatic rings. The summed E-state index contributed by atoms with van der Waals surface area (Å²) in [5.74, 6) is 0.791. The van der Waals surface area contributed by atoms with Gasteiger partial charge in [-0.15, -0.1) is 0 Å². The molecule has 2 amide bonds. The van der Waals surface area contributed by atoms with Crippen molar-refractivity contribution < 1.29 is 18.3 Å². The van der Waals surface area contributed by atoms with Gasteiger partial charge in [-0.2, -0.15) is 0 Å². The van der Waals surface area contributed by atoms with Gasteiger partial charge in [0.25, 0.3) is 6.43 Å². The zero-order valence-corrected chi connectivity index (χ0v) is 11.0. The van der Waals surface area contributed by atoms with E-state index in [9.17, 15) is 13.6 Å². The third-order valence-electron chi connectivity index (χ3n) is 2.59. The lowest BCUT2D eigenvalue weighted by Crippen LogP contribution is -2.38. The monoisotopic (exact) mass is 272 g/mol. The molecule has 0 unspecified atom stereocenters. The van der Waals surface area contributed by atoms with E-state index in [0.29, 0.717) is 13.0 Å². The first-order chi connectivity index (χ1) is 9.02. The third kappa shape index (κ3) is 5.54. The lowest BCUT2D eigenvalue weighted by Gasteiger charge is -2.09. The van der Waals surface area contributed by atoms with Crippen LogP contribution < -0.4 is 15.4 Å². The van der Waals surface area contributed by atoms with Crippen molar-refractivity contribution in [2.45, 2.75) is 19.8 Å². The maximum Gasteiger partial charge on any atom is 0.314 e. The topological polar surface area (TPSA) is 50.4 Å². The average Bonchev–Trinajstić information content (AvgIpc) is 2.38. The molecule has 0 saturated heterocycles. The van der Waals surface area contributed by atoms with Gasteiger partial charge in [0.2, 0.25) is 0 Å². The van der Waals surface area contributed by atoms with Crippen LogP contribution in [0.25, 0.3) is 0 Å². The molecule has 0 radical (unpaired) electrons. The summed E-state index contributed by atoms with van der Waals surface area (Å²) in [5, 5.41) is 4.59. The Labute approximate surface area is 111 Å². The highest BCUT2D eigenvalue weighted by atomic mass is 19.3. The smallest absolute Gasteiger partial charge is 0.314 e. The fourth-order valence-electron chi connectivity index (χ4n) is 1.57. The van der Waals surface area contributed by atoms with E-state index in [1.807, 2.05) is 25.1 Å². The standard InChI is InChI=1S/C13H18F2N2O2/c1-9-3-4-10(7-11(9)19-2)5-6-16-13(18)17-8-12(14)15/h3-4,7,12H,5-6,8H2,1-2H3,(H2,16,17,18). The van der Waals surface area contributed by atoms with Crippen molar-refractivity contribution in [1.29, 1.82) is 0 Å². The maximum atomic E-state index is 11.8. The first-order valence-corrected chi connectivity index (χ1v) is 5.96. The molecule has 0 aliphatic rings. The molecule has 0 aliphatic carbocycles. The minimum Gasteiger partial charge on any atom is -0.496 e. The number of methoxy groups -OCH3 is 1. The van der Waals surface area contributed by atoms with Crippen LogP contribution in [-0.2, 0) is 6.42 Å². The second kappa shape index (κ2) is 7.56. The minimum atomic E-state index is -2.54. The molecule has 6 heteroatoms. The van der Waals surface area contributed by atoms with E-state index in [2.05, 4.69) is 10.6 Å². The van der Waals surface area contributed by atoms with Gasteiger partial charge in [-0.25, -0.2) is 13.6 Å². The van der Waals surface area contributed by atoms with Crippen LogP contribution in [0.3, 0.4) is 0 Å². The number of hydrogen-bond donors (Lipinski definition) is 2. The van der Waals surface area contributed by atoms with Gasteiger partial charge in [-0.3, -0.25) is 0 Å². The van der Waals surface area contributed by atoms with Gasteiger partial charge in [0.1, 0.15) is 5.75 Å². The first-order valence-electron chi connectivity index (χ1n) is 5.96. The van der Waals surface area contributed by atoms with Gasteiger partial charge in [-0.05, 0) is 30.5 Å². The average molecular weight is 272 g/mol. The molecule has 0 atom stereocenters. The van der Waals surface area contributed by atoms with Crippen molar-refractivity contribution in [2.75, 3.05) is 20.2 Å². The Morgan fingerprint density at radius 1 is 1.37 bits per heavy atom. The summed E-state index contributed by atoms with van der Waals surface area (Å²) >= 11 is 0. The van der Waals surface area contributed by atoms with Gasteiger partial charge >= 0.3 is 6.03 Å². The molecule has 0 heterocycles. The molecule has 2 N–H and O–H groups in total. The largest absolute Gasteiger partial charge is 0.496 e. The Morgan fingerprint density at radius 2 is 2.11 bits per heavy atom. The number of carbonyl (C=O) groups is 1. The van der Waals surface area contributed by atoms with E-state index in [1.165, 1.54) is 0 Å². The molecule has 0 fully saturated rings. The zero-order valence-electron chi connectivity index (χ0n) is 11.0. The van der Waals surface area contributed by atoms with Gasteiger partial charge in [0, 0.05) is 6.54 Å². The van der Waals surface area contributed by atoms with Crippen molar-refractivity contribution in [2.24, 2.45) is 0 Å². The van der Waals surface area contributed by atoms with Gasteiger partial charge < -0.3 is 15.4 Å². The number of ether oxygens (including phenoxy) is 1. The summed E-state index contributed by atoms with van der Waals surface area (Å²) < 4.78 is 28.9. The predicted molar refractivity (Wildman–Crippen MR) is 68.8 cm³/mol. The van der Waals surface area contributed by atoms with Crippen LogP contribution in [-0.4, -0.2) is 32.7 Å². The van der Waals surface area contributed by atoms with Crippen LogP contribution in [0.4, 0.5) is 13.6 Å². The quantitative estimate of drug-likeness (QED) is 0.833. The van der Waals surface area contributed by atoms with Gasteiger partial charge in [0.15, 0.2) is 0 Å². The highest BCUT2D eigenvalue weighted by Gasteiger charge is 2.05. The van der Waals surface area contributed by atoms with E-state index >= 15 is 0 Å². The fraction of sp³-hybridized carbons (Fsp3) is 0.462. The van der Waals surface area contributed by atoms with E-state index in [0.717, 1.165) is 16.9 Å². The number of amides is 2. The molecule has 19 heavy (non-hydrogen) atoms. The highest BCUT2D eigenvalue weighted by Crippen LogP contribution is 2.18. The molecule has 0 aromatic heterocycles. The Morgan fingerprint density at radius 3 is 2.74 bits per heavy atom. The molecule has 4 nitrogen and oxygen atoms in total. The van der Waals surface area contributed by atoms with Crippen LogP contribution in [0, 0.1) is 6.92 Å². The number of urea groups is 1. The number of rotatable bonds is 6. The molecule has 0 spiro atoms. The Bertz CT molecular complexity index is 425. The second-order valence-electron chi connectivity index (χ2n) is 4.08. The summed E-state index contributed by atoms with van der Waals surface area (Å²) in [4.78, 5) is 11.1. The van der Waals surface area contributed by atoms with Gasteiger partial charge in [-0.1, -0.05) is 12.1 Å². The molecule has 0 aliphatic heterocycles. The molecule has 106 valence electrons. The number of aryl methyl sites for hydroxylation is 1. The Balaban J connectivity index is 2.35. The van der Waals surface area contributed by atoms with Crippen LogP contribution in [0.15, 0.2) is 18.2 Å². The lowest BCUT2D eigenvalue weighted by molar-refractivity contribution is 0.146. The van der Waals surface area contributed by atoms with E-state index < -0.39 is 19.0 Å². The normalized spacial score (nSPS) is 10.4. The second-order valence-corrected chi connectivity index (χ2v) is 4.08. The van der Waals surface area contributed by atoms with Crippen molar-refractivity contribution in [3.63, 3.8) is 0 Å². The third-order valence-corrected chi connectivity index (χ3v) is 2.59. The van der Waals surface area contributed by atoms with Crippen molar-refractivity contribution in [3.8, 4) is 5.75 Å². The number of carbonyl (C=O) groups excluding carboxylic acids is 1. The van der Waals surface area contributed by atoms with Crippen LogP contribution in [0.5, 0.6) is 5.75 Å². The van der Waals surface area contributed by atoms with Crippen molar-refractivity contribution >= 4 is 6.03 Å². The van der Waals surface area contributed by atoms with Crippen molar-refractivity contribution in [3.05, 3.63) is 29.3 Å². The Kier molecular flexibility index (Phi) is 6.05. The lowest BCUT2D eigenvalue weighted by atomic mass is 10.1. The summed E-state index contributed by atoms with van der Waals surface area (Å²) in [6.07, 6.45) is -1.93. The maximum absolute atomic E-state index is 11.8. The van der Waals surface area contributed by atoms with E-state index in [4.69, 9.17) is 4.74 Å². The molecule has 0 bridgehead atoms. The molecule has 1 aromatic carbocycles. The van der Waals surface area contributed by atoms with E-state index in [-0.39, 0.29) is 0 Å². The number of hydrogen-bond acceptors (Lipinski definition) is 2. The Hall–Kier alpha value is -1.85. The predicted octanol–water partition coefficient (Wildman–Crippen LogP) is 2.11.